The third-order valence-corrected chi connectivity index (χ3v) is 6.39. The van der Waals surface area contributed by atoms with Crippen LogP contribution in [0, 0.1) is 0 Å². The quantitative estimate of drug-likeness (QED) is 0.765. The van der Waals surface area contributed by atoms with E-state index in [4.69, 9.17) is 9.47 Å². The van der Waals surface area contributed by atoms with Gasteiger partial charge >= 0.3 is 0 Å². The number of nitrogens with one attached hydrogen (secondary N) is 1. The van der Waals surface area contributed by atoms with Gasteiger partial charge in [-0.1, -0.05) is 25.1 Å². The molecule has 3 rings (SSSR count). The second kappa shape index (κ2) is 9.18. The first-order valence-electron chi connectivity index (χ1n) is 9.19. The van der Waals surface area contributed by atoms with E-state index >= 15 is 0 Å². The average Bonchev–Trinajstić information content (AvgIpc) is 2.73. The summed E-state index contributed by atoms with van der Waals surface area (Å²) in [6.45, 7) is 3.36. The molecular weight excluding hydrogens is 380 g/mol. The predicted molar refractivity (Wildman–Crippen MR) is 106 cm³/mol. The molecule has 0 spiro atoms. The number of sulfonamides is 1. The van der Waals surface area contributed by atoms with E-state index in [-0.39, 0.29) is 17.4 Å². The first-order valence-corrected chi connectivity index (χ1v) is 10.6. The summed E-state index contributed by atoms with van der Waals surface area (Å²) in [7, 11) is -3.54. The molecule has 2 aromatic rings. The summed E-state index contributed by atoms with van der Waals surface area (Å²) in [5.74, 6) is 0.158. The summed E-state index contributed by atoms with van der Waals surface area (Å²) >= 11 is 0. The molecule has 1 amide bonds. The van der Waals surface area contributed by atoms with Crippen LogP contribution in [-0.4, -0.2) is 51.5 Å². The number of hydrogen-bond acceptors (Lipinski definition) is 5. The molecule has 0 saturated carbocycles. The number of aryl methyl sites for hydroxylation is 1. The Labute approximate surface area is 165 Å². The maximum atomic E-state index is 12.6. The fourth-order valence-electron chi connectivity index (χ4n) is 2.93. The number of morpholine rings is 1. The second-order valence-electron chi connectivity index (χ2n) is 6.34. The summed E-state index contributed by atoms with van der Waals surface area (Å²) in [5, 5.41) is 2.83. The lowest BCUT2D eigenvalue weighted by Gasteiger charge is -2.26. The van der Waals surface area contributed by atoms with Crippen LogP contribution in [0.1, 0.15) is 12.5 Å². The number of hydrogen-bond donors (Lipinski definition) is 1. The zero-order valence-corrected chi connectivity index (χ0v) is 16.6. The Morgan fingerprint density at radius 2 is 1.79 bits per heavy atom. The molecule has 7 nitrogen and oxygen atoms in total. The standard InChI is InChI=1S/C20H24N2O5S/c1-2-16-5-3-4-6-19(16)21-20(23)15-27-17-7-9-18(10-8-17)28(24,25)22-11-13-26-14-12-22/h3-10H,2,11-15H2,1H3,(H,21,23). The minimum absolute atomic E-state index is 0.159. The van der Waals surface area contributed by atoms with E-state index in [0.29, 0.717) is 32.1 Å². The first-order chi connectivity index (χ1) is 13.5. The van der Waals surface area contributed by atoms with Crippen molar-refractivity contribution < 1.29 is 22.7 Å². The predicted octanol–water partition coefficient (Wildman–Crippen LogP) is 2.29. The van der Waals surface area contributed by atoms with E-state index in [1.54, 1.807) is 12.1 Å². The molecule has 1 N–H and O–H groups in total. The second-order valence-corrected chi connectivity index (χ2v) is 8.27. The van der Waals surface area contributed by atoms with Gasteiger partial charge < -0.3 is 14.8 Å². The number of carbonyl (C=O) groups excluding carboxylic acids is 1. The molecule has 0 bridgehead atoms. The number of carbonyl (C=O) groups is 1. The number of ether oxygens (including phenoxy) is 2. The lowest BCUT2D eigenvalue weighted by Crippen LogP contribution is -2.40. The third-order valence-electron chi connectivity index (χ3n) is 4.47. The Morgan fingerprint density at radius 1 is 1.11 bits per heavy atom. The number of para-hydroxylation sites is 1. The summed E-state index contributed by atoms with van der Waals surface area (Å²) in [5.41, 5.74) is 1.82. The normalized spacial score (nSPS) is 15.2. The van der Waals surface area contributed by atoms with Gasteiger partial charge in [-0.15, -0.1) is 0 Å². The van der Waals surface area contributed by atoms with Gasteiger partial charge in [0.15, 0.2) is 6.61 Å². The lowest BCUT2D eigenvalue weighted by atomic mass is 10.1. The van der Waals surface area contributed by atoms with Gasteiger partial charge in [0, 0.05) is 18.8 Å². The van der Waals surface area contributed by atoms with Gasteiger partial charge in [0.25, 0.3) is 5.91 Å². The highest BCUT2D eigenvalue weighted by molar-refractivity contribution is 7.89. The number of amides is 1. The first kappa shape index (κ1) is 20.3. The maximum absolute atomic E-state index is 12.6. The number of nitrogens with zero attached hydrogens (tertiary/aromatic N) is 1. The van der Waals surface area contributed by atoms with Crippen molar-refractivity contribution in [3.63, 3.8) is 0 Å². The topological polar surface area (TPSA) is 84.9 Å². The van der Waals surface area contributed by atoms with E-state index in [2.05, 4.69) is 5.32 Å². The molecule has 1 saturated heterocycles. The van der Waals surface area contributed by atoms with Crippen LogP contribution >= 0.6 is 0 Å². The average molecular weight is 404 g/mol. The molecular formula is C20H24N2O5S. The SMILES string of the molecule is CCc1ccccc1NC(=O)COc1ccc(S(=O)(=O)N2CCOCC2)cc1. The van der Waals surface area contributed by atoms with Crippen molar-refractivity contribution in [2.75, 3.05) is 38.2 Å². The van der Waals surface area contributed by atoms with Crippen molar-refractivity contribution in [1.29, 1.82) is 0 Å². The van der Waals surface area contributed by atoms with Gasteiger partial charge in [-0.25, -0.2) is 8.42 Å². The molecule has 0 atom stereocenters. The smallest absolute Gasteiger partial charge is 0.262 e. The van der Waals surface area contributed by atoms with Gasteiger partial charge in [-0.05, 0) is 42.3 Å². The van der Waals surface area contributed by atoms with Gasteiger partial charge in [-0.2, -0.15) is 4.31 Å². The summed E-state index contributed by atoms with van der Waals surface area (Å²) in [4.78, 5) is 12.3. The minimum atomic E-state index is -3.54. The number of anilines is 1. The molecule has 8 heteroatoms. The Balaban J connectivity index is 1.57. The van der Waals surface area contributed by atoms with Crippen LogP contribution in [0.3, 0.4) is 0 Å². The number of rotatable bonds is 7. The van der Waals surface area contributed by atoms with Crippen molar-refractivity contribution in [3.05, 3.63) is 54.1 Å². The summed E-state index contributed by atoms with van der Waals surface area (Å²) in [6.07, 6.45) is 0.816. The molecule has 1 aliphatic heterocycles. The Bertz CT molecular complexity index is 906. The van der Waals surface area contributed by atoms with Crippen LogP contribution in [0.4, 0.5) is 5.69 Å². The molecule has 28 heavy (non-hydrogen) atoms. The van der Waals surface area contributed by atoms with E-state index in [1.165, 1.54) is 16.4 Å². The third kappa shape index (κ3) is 4.89. The molecule has 1 heterocycles. The van der Waals surface area contributed by atoms with Gasteiger partial charge in [0.05, 0.1) is 18.1 Å². The number of benzene rings is 2. The van der Waals surface area contributed by atoms with E-state index in [0.717, 1.165) is 17.7 Å². The van der Waals surface area contributed by atoms with Crippen molar-refractivity contribution in [2.24, 2.45) is 0 Å². The fourth-order valence-corrected chi connectivity index (χ4v) is 4.34. The Kier molecular flexibility index (Phi) is 6.66. The van der Waals surface area contributed by atoms with Crippen molar-refractivity contribution in [2.45, 2.75) is 18.2 Å². The van der Waals surface area contributed by atoms with Crippen LogP contribution in [0.2, 0.25) is 0 Å². The van der Waals surface area contributed by atoms with Crippen LogP contribution in [0.15, 0.2) is 53.4 Å². The molecule has 0 aromatic heterocycles. The molecule has 0 radical (unpaired) electrons. The highest BCUT2D eigenvalue weighted by Gasteiger charge is 2.26. The van der Waals surface area contributed by atoms with Crippen LogP contribution in [0.5, 0.6) is 5.75 Å². The van der Waals surface area contributed by atoms with Gasteiger partial charge in [0.2, 0.25) is 10.0 Å². The van der Waals surface area contributed by atoms with Gasteiger partial charge in [-0.3, -0.25) is 4.79 Å². The molecule has 150 valence electrons. The summed E-state index contributed by atoms with van der Waals surface area (Å²) in [6, 6.07) is 13.7. The Hall–Kier alpha value is -2.42. The zero-order chi connectivity index (χ0) is 20.0. The van der Waals surface area contributed by atoms with E-state index < -0.39 is 10.0 Å². The largest absolute Gasteiger partial charge is 0.484 e. The van der Waals surface area contributed by atoms with E-state index in [1.807, 2.05) is 31.2 Å². The lowest BCUT2D eigenvalue weighted by molar-refractivity contribution is -0.118. The highest BCUT2D eigenvalue weighted by Crippen LogP contribution is 2.21. The molecule has 0 unspecified atom stereocenters. The zero-order valence-electron chi connectivity index (χ0n) is 15.8. The monoisotopic (exact) mass is 404 g/mol. The van der Waals surface area contributed by atoms with Crippen LogP contribution in [0.25, 0.3) is 0 Å². The molecule has 1 fully saturated rings. The van der Waals surface area contributed by atoms with Gasteiger partial charge in [0.1, 0.15) is 5.75 Å². The van der Waals surface area contributed by atoms with Crippen molar-refractivity contribution in [3.8, 4) is 5.75 Å². The van der Waals surface area contributed by atoms with Crippen LogP contribution < -0.4 is 10.1 Å². The maximum Gasteiger partial charge on any atom is 0.262 e. The summed E-state index contributed by atoms with van der Waals surface area (Å²) < 4.78 is 37.3. The van der Waals surface area contributed by atoms with Crippen LogP contribution in [-0.2, 0) is 26.0 Å². The molecule has 1 aliphatic rings. The molecule has 2 aromatic carbocycles. The van der Waals surface area contributed by atoms with E-state index in [9.17, 15) is 13.2 Å². The van der Waals surface area contributed by atoms with Crippen molar-refractivity contribution >= 4 is 21.6 Å². The fraction of sp³-hybridized carbons (Fsp3) is 0.350. The Morgan fingerprint density at radius 3 is 2.46 bits per heavy atom. The van der Waals surface area contributed by atoms with Crippen molar-refractivity contribution in [1.82, 2.24) is 4.31 Å². The minimum Gasteiger partial charge on any atom is -0.484 e. The highest BCUT2D eigenvalue weighted by atomic mass is 32.2. The molecule has 0 aliphatic carbocycles.